The maximum absolute atomic E-state index is 9.94. The van der Waals surface area contributed by atoms with E-state index in [2.05, 4.69) is 6.92 Å². The molecule has 0 spiro atoms. The van der Waals surface area contributed by atoms with Gasteiger partial charge in [0.2, 0.25) is 0 Å². The van der Waals surface area contributed by atoms with Crippen molar-refractivity contribution in [3.8, 4) is 0 Å². The fourth-order valence-corrected chi connectivity index (χ4v) is 1.89. The standard InChI is InChI=1S/C12H25O2P.Ni/c1-2-3-4-5-6-7-8-9-10-11-12-14-15-13;/h2-12H2,1H3;. The van der Waals surface area contributed by atoms with Crippen LogP contribution in [0.2, 0.25) is 0 Å². The Kier molecular flexibility index (Phi) is 21.2. The summed E-state index contributed by atoms with van der Waals surface area (Å²) in [4.78, 5) is 0. The molecular formula is C12H25NiO2P. The molecular weight excluding hydrogens is 266 g/mol. The fraction of sp³-hybridized carbons (Fsp3) is 1.00. The molecule has 0 aromatic rings. The summed E-state index contributed by atoms with van der Waals surface area (Å²) in [5.74, 6) is 0. The molecule has 16 heavy (non-hydrogen) atoms. The van der Waals surface area contributed by atoms with Crippen LogP contribution in [0.4, 0.5) is 0 Å². The first kappa shape index (κ1) is 18.9. The molecule has 2 nitrogen and oxygen atoms in total. The van der Waals surface area contributed by atoms with Crippen LogP contribution in [0.5, 0.6) is 0 Å². The Morgan fingerprint density at radius 2 is 1.25 bits per heavy atom. The minimum Gasteiger partial charge on any atom is -0.294 e. The Labute approximate surface area is 112 Å². The second-order valence-corrected chi connectivity index (χ2v) is 4.50. The Morgan fingerprint density at radius 1 is 0.812 bits per heavy atom. The van der Waals surface area contributed by atoms with E-state index in [1.165, 1.54) is 57.8 Å². The van der Waals surface area contributed by atoms with E-state index in [-0.39, 0.29) is 25.2 Å². The molecule has 0 aliphatic rings. The summed E-state index contributed by atoms with van der Waals surface area (Å²) >= 11 is 0. The smallest absolute Gasteiger partial charge is 0.294 e. The minimum absolute atomic E-state index is 0. The van der Waals surface area contributed by atoms with Gasteiger partial charge in [-0.3, -0.25) is 4.52 Å². The third kappa shape index (κ3) is 17.0. The summed E-state index contributed by atoms with van der Waals surface area (Å²) < 4.78 is 14.7. The van der Waals surface area contributed by atoms with Gasteiger partial charge >= 0.3 is 8.69 Å². The van der Waals surface area contributed by atoms with Gasteiger partial charge in [-0.05, 0) is 6.42 Å². The van der Waals surface area contributed by atoms with Crippen LogP contribution >= 0.6 is 8.69 Å². The predicted molar refractivity (Wildman–Crippen MR) is 65.4 cm³/mol. The molecule has 0 radical (unpaired) electrons. The molecule has 4 heteroatoms. The average molecular weight is 291 g/mol. The van der Waals surface area contributed by atoms with Crippen molar-refractivity contribution < 1.29 is 25.6 Å². The van der Waals surface area contributed by atoms with Gasteiger partial charge in [-0.1, -0.05) is 64.7 Å². The average Bonchev–Trinajstić information content (AvgIpc) is 2.26. The molecule has 0 saturated carbocycles. The Morgan fingerprint density at radius 3 is 1.69 bits per heavy atom. The van der Waals surface area contributed by atoms with Crippen molar-refractivity contribution in [3.05, 3.63) is 0 Å². The van der Waals surface area contributed by atoms with E-state index >= 15 is 0 Å². The van der Waals surface area contributed by atoms with Gasteiger partial charge in [0.05, 0.1) is 6.61 Å². The topological polar surface area (TPSA) is 26.3 Å². The zero-order valence-electron chi connectivity index (χ0n) is 10.4. The van der Waals surface area contributed by atoms with Crippen LogP contribution in [-0.4, -0.2) is 6.61 Å². The van der Waals surface area contributed by atoms with Gasteiger partial charge < -0.3 is 0 Å². The molecule has 0 saturated heterocycles. The second kappa shape index (κ2) is 17.9. The maximum atomic E-state index is 9.94. The number of rotatable bonds is 12. The summed E-state index contributed by atoms with van der Waals surface area (Å²) in [6.07, 6.45) is 13.2. The van der Waals surface area contributed by atoms with Crippen LogP contribution < -0.4 is 0 Å². The molecule has 0 heterocycles. The molecule has 0 aliphatic carbocycles. The Bertz CT molecular complexity index is 134. The molecule has 0 aliphatic heterocycles. The van der Waals surface area contributed by atoms with Crippen molar-refractivity contribution >= 4 is 8.69 Å². The van der Waals surface area contributed by atoms with Gasteiger partial charge in [0.15, 0.2) is 0 Å². The first-order chi connectivity index (χ1) is 7.41. The largest absolute Gasteiger partial charge is 0.327 e. The Balaban J connectivity index is 0. The summed E-state index contributed by atoms with van der Waals surface area (Å²) in [6.45, 7) is 2.89. The Hall–Kier alpha value is 0.554. The summed E-state index contributed by atoms with van der Waals surface area (Å²) in [5, 5.41) is 0. The molecule has 0 rings (SSSR count). The van der Waals surface area contributed by atoms with Crippen molar-refractivity contribution in [2.24, 2.45) is 0 Å². The zero-order valence-corrected chi connectivity index (χ0v) is 12.2. The van der Waals surface area contributed by atoms with Gasteiger partial charge in [0, 0.05) is 16.5 Å². The summed E-state index contributed by atoms with van der Waals surface area (Å²) in [7, 11) is -0.175. The van der Waals surface area contributed by atoms with Crippen LogP contribution in [0.15, 0.2) is 0 Å². The fourth-order valence-electron chi connectivity index (χ4n) is 1.69. The van der Waals surface area contributed by atoms with E-state index < -0.39 is 0 Å². The molecule has 0 amide bonds. The SMILES string of the molecule is CCCCCCCCCCCCOP=O.[Ni]. The van der Waals surface area contributed by atoms with Gasteiger partial charge in [-0.2, -0.15) is 0 Å². The molecule has 0 aromatic heterocycles. The second-order valence-electron chi connectivity index (χ2n) is 4.09. The summed E-state index contributed by atoms with van der Waals surface area (Å²) in [5.41, 5.74) is 0. The molecule has 0 fully saturated rings. The number of hydrogen-bond donors (Lipinski definition) is 0. The van der Waals surface area contributed by atoms with Crippen LogP contribution in [0.3, 0.4) is 0 Å². The van der Waals surface area contributed by atoms with E-state index in [1.807, 2.05) is 0 Å². The van der Waals surface area contributed by atoms with Crippen molar-refractivity contribution in [2.75, 3.05) is 6.61 Å². The summed E-state index contributed by atoms with van der Waals surface area (Å²) in [6, 6.07) is 0. The molecule has 0 N–H and O–H groups in total. The molecule has 100 valence electrons. The normalized spacial score (nSPS) is 10.3. The van der Waals surface area contributed by atoms with Gasteiger partial charge in [0.1, 0.15) is 0 Å². The van der Waals surface area contributed by atoms with Crippen molar-refractivity contribution in [3.63, 3.8) is 0 Å². The van der Waals surface area contributed by atoms with Crippen LogP contribution in [0, 0.1) is 0 Å². The van der Waals surface area contributed by atoms with Gasteiger partial charge in [-0.25, -0.2) is 4.57 Å². The molecule has 0 atom stereocenters. The maximum Gasteiger partial charge on any atom is 0.327 e. The predicted octanol–water partition coefficient (Wildman–Crippen LogP) is 5.13. The van der Waals surface area contributed by atoms with Crippen molar-refractivity contribution in [1.82, 2.24) is 0 Å². The minimum atomic E-state index is -0.175. The third-order valence-electron chi connectivity index (χ3n) is 2.64. The first-order valence-corrected chi connectivity index (χ1v) is 7.09. The molecule has 0 unspecified atom stereocenters. The van der Waals surface area contributed by atoms with E-state index in [0.717, 1.165) is 6.42 Å². The van der Waals surface area contributed by atoms with Crippen LogP contribution in [0.25, 0.3) is 0 Å². The number of hydrogen-bond acceptors (Lipinski definition) is 2. The molecule has 0 aromatic carbocycles. The van der Waals surface area contributed by atoms with Crippen molar-refractivity contribution in [1.29, 1.82) is 0 Å². The quantitative estimate of drug-likeness (QED) is 0.283. The van der Waals surface area contributed by atoms with Crippen LogP contribution in [0.1, 0.15) is 71.1 Å². The van der Waals surface area contributed by atoms with E-state index in [4.69, 9.17) is 4.52 Å². The van der Waals surface area contributed by atoms with E-state index in [0.29, 0.717) is 6.61 Å². The van der Waals surface area contributed by atoms with Crippen LogP contribution in [-0.2, 0) is 25.6 Å². The molecule has 0 bridgehead atoms. The zero-order chi connectivity index (χ0) is 11.2. The monoisotopic (exact) mass is 290 g/mol. The number of unbranched alkanes of at least 4 members (excludes halogenated alkanes) is 9. The van der Waals surface area contributed by atoms with Gasteiger partial charge in [-0.15, -0.1) is 0 Å². The first-order valence-electron chi connectivity index (χ1n) is 6.36. The van der Waals surface area contributed by atoms with Gasteiger partial charge in [0.25, 0.3) is 0 Å². The van der Waals surface area contributed by atoms with E-state index in [9.17, 15) is 4.57 Å². The van der Waals surface area contributed by atoms with E-state index in [1.54, 1.807) is 0 Å². The third-order valence-corrected chi connectivity index (χ3v) is 2.93. The van der Waals surface area contributed by atoms with Crippen molar-refractivity contribution in [2.45, 2.75) is 71.1 Å².